The molecule has 2 heterocycles. The number of carbonyl (C=O) groups excluding carboxylic acids is 1. The highest BCUT2D eigenvalue weighted by Gasteiger charge is 2.22. The number of hydrogen-bond acceptors (Lipinski definition) is 7. The Morgan fingerprint density at radius 1 is 1.19 bits per heavy atom. The molecule has 1 amide bonds. The van der Waals surface area contributed by atoms with Gasteiger partial charge in [0.2, 0.25) is 5.91 Å². The summed E-state index contributed by atoms with van der Waals surface area (Å²) >= 11 is 2.90. The smallest absolute Gasteiger partial charge is 0.235 e. The van der Waals surface area contributed by atoms with E-state index in [9.17, 15) is 10.1 Å². The van der Waals surface area contributed by atoms with Crippen molar-refractivity contribution >= 4 is 34.0 Å². The Morgan fingerprint density at radius 2 is 1.94 bits per heavy atom. The van der Waals surface area contributed by atoms with Gasteiger partial charge in [-0.05, 0) is 68.7 Å². The normalized spacial score (nSPS) is 14.1. The van der Waals surface area contributed by atoms with Crippen molar-refractivity contribution in [3.8, 4) is 11.8 Å². The summed E-state index contributed by atoms with van der Waals surface area (Å²) < 4.78 is 8.11. The number of aryl methyl sites for hydroxylation is 1. The number of benzene rings is 1. The average Bonchev–Trinajstić information content (AvgIpc) is 3.35. The van der Waals surface area contributed by atoms with Gasteiger partial charge in [-0.25, -0.2) is 0 Å². The molecule has 1 aromatic carbocycles. The molecule has 3 aromatic rings. The number of anilines is 1. The standard InChI is InChI=1S/C27H33N5O2S2/c1-5-32-25(18(4)34-20-13-11-19(12-14-20)17(2)3)30-31-27(32)35-16-24(33)29-26-22(15-28)21-9-7-6-8-10-23(21)36-26/h11-14,17-18H,5-10,16H2,1-4H3,(H,29,33). The molecule has 4 rings (SSSR count). The molecule has 1 aliphatic rings. The minimum absolute atomic E-state index is 0.144. The van der Waals surface area contributed by atoms with Crippen molar-refractivity contribution in [2.45, 2.75) is 83.5 Å². The molecular formula is C27H33N5O2S2. The summed E-state index contributed by atoms with van der Waals surface area (Å²) in [5, 5.41) is 22.7. The number of carbonyl (C=O) groups is 1. The Kier molecular flexibility index (Phi) is 8.70. The van der Waals surface area contributed by atoms with Crippen LogP contribution in [0.5, 0.6) is 5.75 Å². The number of thiophene rings is 1. The lowest BCUT2D eigenvalue weighted by Crippen LogP contribution is -2.15. The first-order valence-corrected chi connectivity index (χ1v) is 14.4. The number of thioether (sulfide) groups is 1. The predicted octanol–water partition coefficient (Wildman–Crippen LogP) is 6.49. The highest BCUT2D eigenvalue weighted by atomic mass is 32.2. The van der Waals surface area contributed by atoms with Gasteiger partial charge in [0.25, 0.3) is 0 Å². The number of nitrogens with zero attached hydrogens (tertiary/aromatic N) is 4. The van der Waals surface area contributed by atoms with E-state index < -0.39 is 0 Å². The number of rotatable bonds is 9. The number of aromatic nitrogens is 3. The van der Waals surface area contributed by atoms with E-state index in [0.717, 1.165) is 42.8 Å². The van der Waals surface area contributed by atoms with E-state index in [0.29, 0.717) is 28.2 Å². The van der Waals surface area contributed by atoms with Gasteiger partial charge in [-0.15, -0.1) is 21.5 Å². The third-order valence-corrected chi connectivity index (χ3v) is 8.58. The van der Waals surface area contributed by atoms with E-state index >= 15 is 0 Å². The highest BCUT2D eigenvalue weighted by Crippen LogP contribution is 2.37. The maximum Gasteiger partial charge on any atom is 0.235 e. The van der Waals surface area contributed by atoms with Crippen LogP contribution in [0.4, 0.5) is 5.00 Å². The SMILES string of the molecule is CCn1c(SCC(=O)Nc2sc3c(c2C#N)CCCCC3)nnc1C(C)Oc1ccc(C(C)C)cc1. The van der Waals surface area contributed by atoms with Crippen molar-refractivity contribution in [1.82, 2.24) is 14.8 Å². The number of amides is 1. The van der Waals surface area contributed by atoms with Gasteiger partial charge in [0.05, 0.1) is 11.3 Å². The summed E-state index contributed by atoms with van der Waals surface area (Å²) in [4.78, 5) is 14.0. The first-order chi connectivity index (χ1) is 17.4. The molecule has 1 aliphatic carbocycles. The fraction of sp³-hybridized carbons (Fsp3) is 0.481. The second-order valence-electron chi connectivity index (χ2n) is 9.29. The quantitative estimate of drug-likeness (QED) is 0.254. The molecule has 9 heteroatoms. The van der Waals surface area contributed by atoms with Gasteiger partial charge < -0.3 is 14.6 Å². The summed E-state index contributed by atoms with van der Waals surface area (Å²) in [7, 11) is 0. The van der Waals surface area contributed by atoms with E-state index in [-0.39, 0.29) is 17.8 Å². The van der Waals surface area contributed by atoms with Crippen LogP contribution in [-0.4, -0.2) is 26.4 Å². The Balaban J connectivity index is 1.39. The van der Waals surface area contributed by atoms with Crippen LogP contribution in [0.1, 0.15) is 86.4 Å². The first kappa shape index (κ1) is 26.2. The molecule has 0 fully saturated rings. The molecule has 0 radical (unpaired) electrons. The molecular weight excluding hydrogens is 490 g/mol. The molecule has 0 spiro atoms. The van der Waals surface area contributed by atoms with Gasteiger partial charge >= 0.3 is 0 Å². The van der Waals surface area contributed by atoms with Crippen LogP contribution in [0.2, 0.25) is 0 Å². The number of nitrogens with one attached hydrogen (secondary N) is 1. The third kappa shape index (κ3) is 5.93. The summed E-state index contributed by atoms with van der Waals surface area (Å²) in [6.07, 6.45) is 5.06. The summed E-state index contributed by atoms with van der Waals surface area (Å²) in [6.45, 7) is 8.98. The van der Waals surface area contributed by atoms with Crippen LogP contribution in [0.15, 0.2) is 29.4 Å². The zero-order chi connectivity index (χ0) is 25.7. The van der Waals surface area contributed by atoms with Crippen LogP contribution < -0.4 is 10.1 Å². The van der Waals surface area contributed by atoms with E-state index in [1.54, 1.807) is 11.3 Å². The lowest BCUT2D eigenvalue weighted by molar-refractivity contribution is -0.113. The molecule has 7 nitrogen and oxygen atoms in total. The van der Waals surface area contributed by atoms with E-state index in [2.05, 4.69) is 47.6 Å². The molecule has 0 saturated heterocycles. The molecule has 2 aromatic heterocycles. The van der Waals surface area contributed by atoms with Crippen LogP contribution >= 0.6 is 23.1 Å². The summed E-state index contributed by atoms with van der Waals surface area (Å²) in [5.41, 5.74) is 3.04. The number of fused-ring (bicyclic) bond motifs is 1. The molecule has 0 saturated carbocycles. The fourth-order valence-corrected chi connectivity index (χ4v) is 6.50. The van der Waals surface area contributed by atoms with Gasteiger partial charge in [-0.3, -0.25) is 4.79 Å². The second kappa shape index (κ2) is 11.9. The van der Waals surface area contributed by atoms with Crippen LogP contribution in [0, 0.1) is 11.3 Å². The minimum atomic E-state index is -0.287. The van der Waals surface area contributed by atoms with E-state index in [4.69, 9.17) is 4.74 Å². The molecule has 1 unspecified atom stereocenters. The summed E-state index contributed by atoms with van der Waals surface area (Å²) in [5.74, 6) is 2.03. The van der Waals surface area contributed by atoms with Gasteiger partial charge in [0, 0.05) is 11.4 Å². The maximum absolute atomic E-state index is 12.8. The topological polar surface area (TPSA) is 92.8 Å². The predicted molar refractivity (Wildman–Crippen MR) is 145 cm³/mol. The first-order valence-electron chi connectivity index (χ1n) is 12.6. The Morgan fingerprint density at radius 3 is 2.64 bits per heavy atom. The zero-order valence-electron chi connectivity index (χ0n) is 21.3. The maximum atomic E-state index is 12.8. The Bertz CT molecular complexity index is 1240. The van der Waals surface area contributed by atoms with Gasteiger partial charge in [0.1, 0.15) is 16.8 Å². The third-order valence-electron chi connectivity index (χ3n) is 6.40. The van der Waals surface area contributed by atoms with Crippen molar-refractivity contribution in [2.75, 3.05) is 11.1 Å². The molecule has 0 aliphatic heterocycles. The fourth-order valence-electron chi connectivity index (χ4n) is 4.43. The van der Waals surface area contributed by atoms with Crippen LogP contribution in [0.3, 0.4) is 0 Å². The van der Waals surface area contributed by atoms with Crippen molar-refractivity contribution < 1.29 is 9.53 Å². The largest absolute Gasteiger partial charge is 0.483 e. The molecule has 1 N–H and O–H groups in total. The van der Waals surface area contributed by atoms with Crippen molar-refractivity contribution in [3.63, 3.8) is 0 Å². The van der Waals surface area contributed by atoms with Gasteiger partial charge in [-0.1, -0.05) is 44.2 Å². The van der Waals surface area contributed by atoms with Crippen molar-refractivity contribution in [2.24, 2.45) is 0 Å². The number of ether oxygens (including phenoxy) is 1. The average molecular weight is 524 g/mol. The summed E-state index contributed by atoms with van der Waals surface area (Å²) in [6, 6.07) is 10.5. The van der Waals surface area contributed by atoms with Crippen molar-refractivity contribution in [3.05, 3.63) is 51.7 Å². The molecule has 0 bridgehead atoms. The molecule has 36 heavy (non-hydrogen) atoms. The Hall–Kier alpha value is -2.83. The lowest BCUT2D eigenvalue weighted by Gasteiger charge is -2.16. The second-order valence-corrected chi connectivity index (χ2v) is 11.3. The van der Waals surface area contributed by atoms with Gasteiger partial charge in [-0.2, -0.15) is 5.26 Å². The zero-order valence-corrected chi connectivity index (χ0v) is 23.0. The van der Waals surface area contributed by atoms with Crippen LogP contribution in [0.25, 0.3) is 0 Å². The molecule has 1 atom stereocenters. The minimum Gasteiger partial charge on any atom is -0.483 e. The number of hydrogen-bond donors (Lipinski definition) is 1. The van der Waals surface area contributed by atoms with Crippen LogP contribution in [-0.2, 0) is 24.2 Å². The monoisotopic (exact) mass is 523 g/mol. The van der Waals surface area contributed by atoms with E-state index in [1.807, 2.05) is 30.5 Å². The van der Waals surface area contributed by atoms with E-state index in [1.165, 1.54) is 28.6 Å². The molecule has 190 valence electrons. The number of nitriles is 1. The Labute approximate surface area is 221 Å². The lowest BCUT2D eigenvalue weighted by atomic mass is 10.0. The van der Waals surface area contributed by atoms with Gasteiger partial charge in [0.15, 0.2) is 17.1 Å². The van der Waals surface area contributed by atoms with Crippen molar-refractivity contribution in [1.29, 1.82) is 5.26 Å². The highest BCUT2D eigenvalue weighted by molar-refractivity contribution is 7.99.